The third-order valence-electron chi connectivity index (χ3n) is 5.82. The molecule has 0 spiro atoms. The van der Waals surface area contributed by atoms with Gasteiger partial charge in [0.2, 0.25) is 0 Å². The third-order valence-corrected chi connectivity index (χ3v) is 5.82. The highest BCUT2D eigenvalue weighted by Gasteiger charge is 2.32. The van der Waals surface area contributed by atoms with E-state index in [1.165, 1.54) is 25.9 Å². The molecule has 0 bridgehead atoms. The molecule has 6 nitrogen and oxygen atoms in total. The van der Waals surface area contributed by atoms with Crippen molar-refractivity contribution in [3.05, 3.63) is 0 Å². The van der Waals surface area contributed by atoms with Crippen LogP contribution in [0.4, 0.5) is 0 Å². The van der Waals surface area contributed by atoms with Gasteiger partial charge in [-0.05, 0) is 58.9 Å². The molecule has 0 aromatic rings. The van der Waals surface area contributed by atoms with Crippen molar-refractivity contribution in [3.8, 4) is 0 Å². The van der Waals surface area contributed by atoms with E-state index in [9.17, 15) is 4.79 Å². The summed E-state index contributed by atoms with van der Waals surface area (Å²) in [4.78, 5) is 21.3. The van der Waals surface area contributed by atoms with Crippen molar-refractivity contribution in [2.45, 2.75) is 58.9 Å². The summed E-state index contributed by atoms with van der Waals surface area (Å²) in [6.07, 6.45) is 4.32. The molecule has 2 heterocycles. The maximum atomic E-state index is 11.9. The zero-order valence-electron chi connectivity index (χ0n) is 17.8. The quantitative estimate of drug-likeness (QED) is 0.276. The number of hydrogen-bond donors (Lipinski definition) is 1. The Bertz CT molecular complexity index is 490. The summed E-state index contributed by atoms with van der Waals surface area (Å²) in [5, 5.41) is 3.58. The lowest BCUT2D eigenvalue weighted by atomic mass is 9.93. The summed E-state index contributed by atoms with van der Waals surface area (Å²) < 4.78 is 5.16. The van der Waals surface area contributed by atoms with Gasteiger partial charge in [-0.25, -0.2) is 0 Å². The molecule has 2 rings (SSSR count). The van der Waals surface area contributed by atoms with Crippen LogP contribution in [0, 0.1) is 11.8 Å². The fraction of sp³-hybridized carbons (Fsp3) is 0.900. The van der Waals surface area contributed by atoms with Crippen molar-refractivity contribution in [1.29, 1.82) is 0 Å². The minimum absolute atomic E-state index is 0. The van der Waals surface area contributed by atoms with E-state index < -0.39 is 0 Å². The predicted octanol–water partition coefficient (Wildman–Crippen LogP) is 2.97. The van der Waals surface area contributed by atoms with E-state index in [4.69, 9.17) is 4.74 Å². The summed E-state index contributed by atoms with van der Waals surface area (Å²) in [6.45, 7) is 14.3. The Morgan fingerprint density at radius 1 is 1.22 bits per heavy atom. The topological polar surface area (TPSA) is 57.2 Å². The van der Waals surface area contributed by atoms with Gasteiger partial charge in [0.15, 0.2) is 5.96 Å². The molecular weight excluding hydrogens is 455 g/mol. The van der Waals surface area contributed by atoms with E-state index in [1.54, 1.807) is 0 Å². The first-order chi connectivity index (χ1) is 12.4. The number of carbonyl (C=O) groups excluding carboxylic acids is 1. The lowest BCUT2D eigenvalue weighted by molar-refractivity contribution is -0.149. The van der Waals surface area contributed by atoms with E-state index in [1.807, 2.05) is 14.0 Å². The smallest absolute Gasteiger partial charge is 0.309 e. The molecule has 2 aliphatic heterocycles. The largest absolute Gasteiger partial charge is 0.466 e. The van der Waals surface area contributed by atoms with Crippen LogP contribution in [-0.2, 0) is 9.53 Å². The zero-order chi connectivity index (χ0) is 19.2. The lowest BCUT2D eigenvalue weighted by Crippen LogP contribution is -2.57. The van der Waals surface area contributed by atoms with E-state index >= 15 is 0 Å². The highest BCUT2D eigenvalue weighted by atomic mass is 127. The van der Waals surface area contributed by atoms with E-state index in [-0.39, 0.29) is 41.4 Å². The summed E-state index contributed by atoms with van der Waals surface area (Å²) >= 11 is 0. The number of esters is 1. The number of ether oxygens (including phenoxy) is 1. The van der Waals surface area contributed by atoms with Crippen LogP contribution in [0.5, 0.6) is 0 Å². The van der Waals surface area contributed by atoms with Crippen LogP contribution in [0.15, 0.2) is 4.99 Å². The molecule has 2 saturated heterocycles. The number of guanidine groups is 1. The van der Waals surface area contributed by atoms with Gasteiger partial charge in [0.1, 0.15) is 0 Å². The number of hydrogen-bond acceptors (Lipinski definition) is 4. The molecule has 0 saturated carbocycles. The Morgan fingerprint density at radius 2 is 1.89 bits per heavy atom. The third kappa shape index (κ3) is 7.07. The number of carbonyl (C=O) groups is 1. The molecule has 0 aliphatic carbocycles. The minimum atomic E-state index is -0.0459. The standard InChI is InChI=1S/C20H38N4O2.HI/c1-6-26-18(25)17-9-12-23(13-10-17)19(21-5)22-15-20(3,4)24-11-7-8-16(2)14-24;/h16-17H,6-15H2,1-5H3,(H,21,22);1H. The summed E-state index contributed by atoms with van der Waals surface area (Å²) in [5.74, 6) is 1.72. The van der Waals surface area contributed by atoms with E-state index in [0.717, 1.165) is 44.4 Å². The van der Waals surface area contributed by atoms with E-state index in [0.29, 0.717) is 6.61 Å². The SMILES string of the molecule is CCOC(=O)C1CCN(C(=NC)NCC(C)(C)N2CCCC(C)C2)CC1.I. The van der Waals surface area contributed by atoms with Crippen molar-refractivity contribution >= 4 is 35.9 Å². The molecule has 1 unspecified atom stereocenters. The highest BCUT2D eigenvalue weighted by Crippen LogP contribution is 2.24. The average Bonchev–Trinajstić information content (AvgIpc) is 2.63. The second-order valence-corrected chi connectivity index (χ2v) is 8.42. The summed E-state index contributed by atoms with van der Waals surface area (Å²) in [5.41, 5.74) is 0.105. The van der Waals surface area contributed by atoms with Crippen LogP contribution in [0.1, 0.15) is 53.4 Å². The molecule has 1 N–H and O–H groups in total. The zero-order valence-corrected chi connectivity index (χ0v) is 20.1. The van der Waals surface area contributed by atoms with Crippen LogP contribution >= 0.6 is 24.0 Å². The number of rotatable bonds is 5. The Hall–Kier alpha value is -0.570. The monoisotopic (exact) mass is 494 g/mol. The first-order valence-electron chi connectivity index (χ1n) is 10.2. The molecule has 0 aromatic carbocycles. The van der Waals surface area contributed by atoms with Gasteiger partial charge < -0.3 is 15.0 Å². The first kappa shape index (κ1) is 24.5. The summed E-state index contributed by atoms with van der Waals surface area (Å²) in [6, 6.07) is 0. The highest BCUT2D eigenvalue weighted by molar-refractivity contribution is 14.0. The normalized spacial score (nSPS) is 22.9. The first-order valence-corrected chi connectivity index (χ1v) is 10.2. The molecule has 0 aromatic heterocycles. The molecule has 2 aliphatic rings. The van der Waals surface area contributed by atoms with Gasteiger partial charge in [0, 0.05) is 38.8 Å². The summed E-state index contributed by atoms with van der Waals surface area (Å²) in [7, 11) is 1.84. The van der Waals surface area contributed by atoms with Crippen LogP contribution in [0.2, 0.25) is 0 Å². The number of piperidine rings is 2. The van der Waals surface area contributed by atoms with Crippen LogP contribution in [0.25, 0.3) is 0 Å². The maximum Gasteiger partial charge on any atom is 0.309 e. The van der Waals surface area contributed by atoms with Crippen molar-refractivity contribution in [2.75, 3.05) is 46.4 Å². The van der Waals surface area contributed by atoms with Gasteiger partial charge in [0.25, 0.3) is 0 Å². The number of halogens is 1. The van der Waals surface area contributed by atoms with Crippen molar-refractivity contribution < 1.29 is 9.53 Å². The number of nitrogens with zero attached hydrogens (tertiary/aromatic N) is 3. The Balaban J connectivity index is 0.00000364. The van der Waals surface area contributed by atoms with Gasteiger partial charge in [-0.3, -0.25) is 14.7 Å². The number of nitrogens with one attached hydrogen (secondary N) is 1. The second kappa shape index (κ2) is 11.4. The number of likely N-dealkylation sites (tertiary alicyclic amines) is 2. The van der Waals surface area contributed by atoms with Gasteiger partial charge >= 0.3 is 5.97 Å². The molecule has 2 fully saturated rings. The lowest BCUT2D eigenvalue weighted by Gasteiger charge is -2.44. The average molecular weight is 494 g/mol. The van der Waals surface area contributed by atoms with Crippen LogP contribution < -0.4 is 5.32 Å². The van der Waals surface area contributed by atoms with Gasteiger partial charge in [-0.2, -0.15) is 0 Å². The van der Waals surface area contributed by atoms with Crippen LogP contribution in [-0.4, -0.2) is 73.6 Å². The molecule has 0 amide bonds. The van der Waals surface area contributed by atoms with Crippen LogP contribution in [0.3, 0.4) is 0 Å². The fourth-order valence-corrected chi connectivity index (χ4v) is 4.07. The molecule has 27 heavy (non-hydrogen) atoms. The second-order valence-electron chi connectivity index (χ2n) is 8.42. The molecule has 158 valence electrons. The van der Waals surface area contributed by atoms with Gasteiger partial charge in [-0.15, -0.1) is 24.0 Å². The van der Waals surface area contributed by atoms with Crippen molar-refractivity contribution in [3.63, 3.8) is 0 Å². The molecule has 1 atom stereocenters. The van der Waals surface area contributed by atoms with Gasteiger partial charge in [-0.1, -0.05) is 6.92 Å². The Morgan fingerprint density at radius 3 is 2.44 bits per heavy atom. The van der Waals surface area contributed by atoms with Crippen molar-refractivity contribution in [1.82, 2.24) is 15.1 Å². The molecular formula is C20H39IN4O2. The Labute approximate surface area is 182 Å². The Kier molecular flexibility index (Phi) is 10.4. The minimum Gasteiger partial charge on any atom is -0.466 e. The van der Waals surface area contributed by atoms with Crippen molar-refractivity contribution in [2.24, 2.45) is 16.8 Å². The molecule has 0 radical (unpaired) electrons. The fourth-order valence-electron chi connectivity index (χ4n) is 4.07. The predicted molar refractivity (Wildman–Crippen MR) is 122 cm³/mol. The maximum absolute atomic E-state index is 11.9. The van der Waals surface area contributed by atoms with Gasteiger partial charge in [0.05, 0.1) is 12.5 Å². The number of aliphatic imine (C=N–C) groups is 1. The van der Waals surface area contributed by atoms with E-state index in [2.05, 4.69) is 40.9 Å². The molecule has 7 heteroatoms.